The van der Waals surface area contributed by atoms with Crippen molar-refractivity contribution in [1.82, 2.24) is 10.2 Å². The van der Waals surface area contributed by atoms with Crippen LogP contribution >= 0.6 is 11.6 Å². The van der Waals surface area contributed by atoms with E-state index in [9.17, 15) is 18.0 Å². The summed E-state index contributed by atoms with van der Waals surface area (Å²) in [5, 5.41) is 3.14. The number of nitrogens with one attached hydrogen (secondary N) is 1. The average molecular weight is 510 g/mol. The summed E-state index contributed by atoms with van der Waals surface area (Å²) in [5.41, 5.74) is 0.891. The van der Waals surface area contributed by atoms with E-state index in [0.29, 0.717) is 41.8 Å². The van der Waals surface area contributed by atoms with Crippen molar-refractivity contribution in [2.24, 2.45) is 0 Å². The van der Waals surface area contributed by atoms with Crippen LogP contribution in [0.1, 0.15) is 19.4 Å². The van der Waals surface area contributed by atoms with Gasteiger partial charge < -0.3 is 19.7 Å². The third-order valence-electron chi connectivity index (χ3n) is 5.31. The predicted octanol–water partition coefficient (Wildman–Crippen LogP) is 2.43. The Kier molecular flexibility index (Phi) is 8.27. The Labute approximate surface area is 204 Å². The zero-order chi connectivity index (χ0) is 24.9. The zero-order valence-electron chi connectivity index (χ0n) is 19.3. The van der Waals surface area contributed by atoms with Crippen LogP contribution in [0.15, 0.2) is 42.5 Å². The maximum Gasteiger partial charge on any atom is 0.244 e. The number of carbonyl (C=O) groups is 2. The fourth-order valence-electron chi connectivity index (χ4n) is 3.52. The fraction of sp³-hybridized carbons (Fsp3) is 0.391. The number of fused-ring (bicyclic) bond motifs is 1. The lowest BCUT2D eigenvalue weighted by atomic mass is 10.1. The molecule has 9 nitrogen and oxygen atoms in total. The van der Waals surface area contributed by atoms with Gasteiger partial charge in [0, 0.05) is 24.2 Å². The van der Waals surface area contributed by atoms with Gasteiger partial charge in [-0.3, -0.25) is 13.9 Å². The largest absolute Gasteiger partial charge is 0.486 e. The standard InChI is InChI=1S/C23H28ClN3O6S/c1-4-25-23(29)16(2)26(14-17-7-5-6-8-19(17)24)22(28)15-27(34(3,30)31)18-9-10-20-21(13-18)33-12-11-32-20/h5-10,13,16H,4,11-12,14-15H2,1-3H3,(H,25,29)/t16-/m1/s1. The summed E-state index contributed by atoms with van der Waals surface area (Å²) >= 11 is 6.29. The second kappa shape index (κ2) is 11.0. The highest BCUT2D eigenvalue weighted by molar-refractivity contribution is 7.92. The van der Waals surface area contributed by atoms with Crippen molar-refractivity contribution in [2.75, 3.05) is 36.9 Å². The molecule has 1 aliphatic heterocycles. The number of nitrogens with zero attached hydrogens (tertiary/aromatic N) is 2. The summed E-state index contributed by atoms with van der Waals surface area (Å²) in [5.74, 6) is -0.0134. The monoisotopic (exact) mass is 509 g/mol. The second-order valence-corrected chi connectivity index (χ2v) is 10.1. The van der Waals surface area contributed by atoms with E-state index in [1.807, 2.05) is 0 Å². The van der Waals surface area contributed by atoms with Crippen LogP contribution in [0.3, 0.4) is 0 Å². The lowest BCUT2D eigenvalue weighted by Gasteiger charge is -2.32. The molecule has 0 saturated carbocycles. The Balaban J connectivity index is 1.93. The van der Waals surface area contributed by atoms with Crippen molar-refractivity contribution in [3.8, 4) is 11.5 Å². The highest BCUT2D eigenvalue weighted by Crippen LogP contribution is 2.34. The van der Waals surface area contributed by atoms with Crippen LogP contribution in [0.25, 0.3) is 0 Å². The Bertz CT molecular complexity index is 1160. The van der Waals surface area contributed by atoms with Crippen LogP contribution in [-0.2, 0) is 26.2 Å². The van der Waals surface area contributed by atoms with E-state index in [0.717, 1.165) is 10.6 Å². The number of amides is 2. The number of carbonyl (C=O) groups excluding carboxylic acids is 2. The molecule has 0 radical (unpaired) electrons. The minimum absolute atomic E-state index is 0.0373. The maximum atomic E-state index is 13.5. The Hall–Kier alpha value is -2.98. The van der Waals surface area contributed by atoms with E-state index in [1.54, 1.807) is 50.2 Å². The molecule has 0 fully saturated rings. The van der Waals surface area contributed by atoms with Crippen LogP contribution in [0.5, 0.6) is 11.5 Å². The van der Waals surface area contributed by atoms with Crippen molar-refractivity contribution in [2.45, 2.75) is 26.4 Å². The minimum atomic E-state index is -3.85. The average Bonchev–Trinajstić information content (AvgIpc) is 2.80. The highest BCUT2D eigenvalue weighted by Gasteiger charge is 2.30. The first-order valence-corrected chi connectivity index (χ1v) is 13.0. The van der Waals surface area contributed by atoms with Gasteiger partial charge >= 0.3 is 0 Å². The van der Waals surface area contributed by atoms with Crippen LogP contribution < -0.4 is 19.1 Å². The Morgan fingerprint density at radius 2 is 1.79 bits per heavy atom. The molecule has 2 aromatic rings. The first kappa shape index (κ1) is 25.6. The lowest BCUT2D eigenvalue weighted by molar-refractivity contribution is -0.139. The van der Waals surface area contributed by atoms with Gasteiger partial charge in [0.25, 0.3) is 0 Å². The molecule has 1 N–H and O–H groups in total. The summed E-state index contributed by atoms with van der Waals surface area (Å²) in [4.78, 5) is 27.4. The molecule has 1 heterocycles. The van der Waals surface area contributed by atoms with Crippen molar-refractivity contribution in [3.63, 3.8) is 0 Å². The number of likely N-dealkylation sites (N-methyl/N-ethyl adjacent to an activating group) is 1. The molecule has 2 amide bonds. The van der Waals surface area contributed by atoms with Crippen molar-refractivity contribution in [3.05, 3.63) is 53.1 Å². The second-order valence-electron chi connectivity index (χ2n) is 7.78. The molecular weight excluding hydrogens is 482 g/mol. The minimum Gasteiger partial charge on any atom is -0.486 e. The van der Waals surface area contributed by atoms with Crippen LogP contribution in [0, 0.1) is 0 Å². The Morgan fingerprint density at radius 1 is 1.12 bits per heavy atom. The number of anilines is 1. The van der Waals surface area contributed by atoms with Gasteiger partial charge in [-0.1, -0.05) is 29.8 Å². The number of rotatable bonds is 9. The molecule has 0 aliphatic carbocycles. The molecule has 0 unspecified atom stereocenters. The number of sulfonamides is 1. The molecule has 1 atom stereocenters. The Morgan fingerprint density at radius 3 is 2.44 bits per heavy atom. The first-order valence-electron chi connectivity index (χ1n) is 10.8. The number of benzene rings is 2. The predicted molar refractivity (Wildman–Crippen MR) is 130 cm³/mol. The van der Waals surface area contributed by atoms with Crippen LogP contribution in [0.2, 0.25) is 5.02 Å². The SMILES string of the molecule is CCNC(=O)[C@@H](C)N(Cc1ccccc1Cl)C(=O)CN(c1ccc2c(c1)OCCO2)S(C)(=O)=O. The zero-order valence-corrected chi connectivity index (χ0v) is 20.9. The number of halogens is 1. The van der Waals surface area contributed by atoms with Gasteiger partial charge in [0.2, 0.25) is 21.8 Å². The smallest absolute Gasteiger partial charge is 0.244 e. The van der Waals surface area contributed by atoms with E-state index in [1.165, 1.54) is 11.0 Å². The van der Waals surface area contributed by atoms with Crippen molar-refractivity contribution >= 4 is 39.1 Å². The van der Waals surface area contributed by atoms with Gasteiger partial charge in [0.15, 0.2) is 11.5 Å². The molecule has 11 heteroatoms. The fourth-order valence-corrected chi connectivity index (χ4v) is 4.55. The molecule has 2 aromatic carbocycles. The van der Waals surface area contributed by atoms with Gasteiger partial charge in [0.1, 0.15) is 25.8 Å². The molecule has 1 aliphatic rings. The molecule has 0 aromatic heterocycles. The molecule has 184 valence electrons. The van der Waals surface area contributed by atoms with E-state index in [4.69, 9.17) is 21.1 Å². The van der Waals surface area contributed by atoms with Gasteiger partial charge in [-0.25, -0.2) is 8.42 Å². The normalized spacial score (nSPS) is 13.6. The quantitative estimate of drug-likeness (QED) is 0.556. The van der Waals surface area contributed by atoms with Crippen LogP contribution in [0.4, 0.5) is 5.69 Å². The first-order chi connectivity index (χ1) is 16.1. The summed E-state index contributed by atoms with van der Waals surface area (Å²) in [6, 6.07) is 10.8. The molecule has 0 bridgehead atoms. The van der Waals surface area contributed by atoms with E-state index < -0.39 is 28.5 Å². The lowest BCUT2D eigenvalue weighted by Crippen LogP contribution is -2.51. The highest BCUT2D eigenvalue weighted by atomic mass is 35.5. The molecule has 0 saturated heterocycles. The van der Waals surface area contributed by atoms with Gasteiger partial charge in [0.05, 0.1) is 11.9 Å². The topological polar surface area (TPSA) is 105 Å². The maximum absolute atomic E-state index is 13.5. The molecule has 0 spiro atoms. The van der Waals surface area contributed by atoms with Gasteiger partial charge in [-0.2, -0.15) is 0 Å². The third-order valence-corrected chi connectivity index (χ3v) is 6.82. The van der Waals surface area contributed by atoms with E-state index >= 15 is 0 Å². The number of ether oxygens (including phenoxy) is 2. The van der Waals surface area contributed by atoms with Gasteiger partial charge in [-0.05, 0) is 37.6 Å². The van der Waals surface area contributed by atoms with Gasteiger partial charge in [-0.15, -0.1) is 0 Å². The van der Waals surface area contributed by atoms with E-state index in [-0.39, 0.29) is 18.1 Å². The number of hydrogen-bond acceptors (Lipinski definition) is 6. The van der Waals surface area contributed by atoms with Crippen molar-refractivity contribution < 1.29 is 27.5 Å². The third kappa shape index (κ3) is 6.12. The summed E-state index contributed by atoms with van der Waals surface area (Å²) in [6.45, 7) is 4.03. The van der Waals surface area contributed by atoms with E-state index in [2.05, 4.69) is 5.32 Å². The summed E-state index contributed by atoms with van der Waals surface area (Å²) in [6.07, 6.45) is 1.02. The van der Waals surface area contributed by atoms with Crippen LogP contribution in [-0.4, -0.2) is 63.7 Å². The summed E-state index contributed by atoms with van der Waals surface area (Å²) in [7, 11) is -3.85. The number of hydrogen-bond donors (Lipinski definition) is 1. The molecular formula is C23H28ClN3O6S. The van der Waals surface area contributed by atoms with Crippen molar-refractivity contribution in [1.29, 1.82) is 0 Å². The molecule has 34 heavy (non-hydrogen) atoms. The summed E-state index contributed by atoms with van der Waals surface area (Å²) < 4.78 is 37.4. The molecule has 3 rings (SSSR count).